The summed E-state index contributed by atoms with van der Waals surface area (Å²) in [5, 5.41) is 0. The van der Waals surface area contributed by atoms with E-state index in [1.165, 1.54) is 25.1 Å². The second-order valence-corrected chi connectivity index (χ2v) is 6.43. The highest BCUT2D eigenvalue weighted by Crippen LogP contribution is 2.18. The van der Waals surface area contributed by atoms with Crippen molar-refractivity contribution < 1.29 is 23.5 Å². The lowest BCUT2D eigenvalue weighted by Crippen LogP contribution is -2.33. The number of nitrogens with zero attached hydrogens (tertiary/aromatic N) is 2. The molecule has 1 aromatic carbocycles. The van der Waals surface area contributed by atoms with E-state index in [2.05, 4.69) is 9.72 Å². The molecule has 0 aliphatic rings. The number of aromatic nitrogens is 1. The van der Waals surface area contributed by atoms with Gasteiger partial charge in [0.15, 0.2) is 5.69 Å². The topological polar surface area (TPSA) is 81.9 Å². The third-order valence-corrected chi connectivity index (χ3v) is 4.50. The summed E-state index contributed by atoms with van der Waals surface area (Å²) in [6, 6.07) is 9.73. The van der Waals surface area contributed by atoms with Crippen LogP contribution in [0, 0.1) is 0 Å². The molecule has 0 bridgehead atoms. The summed E-state index contributed by atoms with van der Waals surface area (Å²) in [4.78, 5) is 30.8. The largest absolute Gasteiger partial charge is 0.464 e. The molecule has 0 spiro atoms. The minimum Gasteiger partial charge on any atom is -0.464 e. The molecule has 0 radical (unpaired) electrons. The zero-order chi connectivity index (χ0) is 18.8. The summed E-state index contributed by atoms with van der Waals surface area (Å²) in [5.74, 6) is -0.00720. The number of carbonyl (C=O) groups excluding carboxylic acids is 2. The quantitative estimate of drug-likeness (QED) is 0.357. The Bertz CT molecular complexity index is 705. The molecule has 7 nitrogen and oxygen atoms in total. The first-order chi connectivity index (χ1) is 12.6. The lowest BCUT2D eigenvalue weighted by atomic mass is 10.3. The van der Waals surface area contributed by atoms with Crippen LogP contribution in [0.4, 0.5) is 0 Å². The van der Waals surface area contributed by atoms with Gasteiger partial charge in [0.05, 0.1) is 19.4 Å². The van der Waals surface area contributed by atoms with Gasteiger partial charge in [0.25, 0.3) is 0 Å². The number of ether oxygens (including phenoxy) is 2. The molecular formula is C18H22N2O5S. The Balaban J connectivity index is 1.98. The summed E-state index contributed by atoms with van der Waals surface area (Å²) in [6.07, 6.45) is 1.93. The average molecular weight is 378 g/mol. The number of hydrogen-bond acceptors (Lipinski definition) is 7. The van der Waals surface area contributed by atoms with Crippen molar-refractivity contribution in [2.45, 2.75) is 17.9 Å². The Labute approximate surface area is 156 Å². The smallest absolute Gasteiger partial charge is 0.360 e. The highest BCUT2D eigenvalue weighted by Gasteiger charge is 2.19. The second kappa shape index (κ2) is 10.6. The number of benzene rings is 1. The van der Waals surface area contributed by atoms with E-state index in [0.717, 1.165) is 4.90 Å². The Hall–Kier alpha value is -2.32. The van der Waals surface area contributed by atoms with Crippen LogP contribution in [0.25, 0.3) is 0 Å². The van der Waals surface area contributed by atoms with Crippen molar-refractivity contribution in [3.8, 4) is 0 Å². The Morgan fingerprint density at radius 3 is 2.69 bits per heavy atom. The van der Waals surface area contributed by atoms with Crippen molar-refractivity contribution in [1.29, 1.82) is 0 Å². The van der Waals surface area contributed by atoms with Crippen LogP contribution in [0.15, 0.2) is 45.9 Å². The SMILES string of the molecule is COCCCN(Cc1nc(C(=O)OC)co1)C(=O)CSc1ccccc1. The van der Waals surface area contributed by atoms with Gasteiger partial charge in [-0.3, -0.25) is 4.79 Å². The van der Waals surface area contributed by atoms with E-state index in [0.29, 0.717) is 31.2 Å². The van der Waals surface area contributed by atoms with Crippen LogP contribution in [0.1, 0.15) is 22.8 Å². The molecule has 0 saturated carbocycles. The minimum absolute atomic E-state index is 0.0345. The van der Waals surface area contributed by atoms with Crippen molar-refractivity contribution in [3.63, 3.8) is 0 Å². The van der Waals surface area contributed by atoms with E-state index < -0.39 is 5.97 Å². The molecule has 0 N–H and O–H groups in total. The molecule has 2 rings (SSSR count). The molecule has 0 unspecified atom stereocenters. The summed E-state index contributed by atoms with van der Waals surface area (Å²) < 4.78 is 15.0. The summed E-state index contributed by atoms with van der Waals surface area (Å²) in [7, 11) is 2.90. The number of hydrogen-bond donors (Lipinski definition) is 0. The standard InChI is InChI=1S/C18H22N2O5S/c1-23-10-6-9-20(11-16-19-15(12-25-16)18(22)24-2)17(21)13-26-14-7-4-3-5-8-14/h3-5,7-8,12H,6,9-11,13H2,1-2H3. The molecule has 2 aromatic rings. The molecule has 0 fully saturated rings. The van der Waals surface area contributed by atoms with Crippen molar-refractivity contribution in [1.82, 2.24) is 9.88 Å². The van der Waals surface area contributed by atoms with Gasteiger partial charge in [-0.2, -0.15) is 0 Å². The average Bonchev–Trinajstić information content (AvgIpc) is 3.14. The van der Waals surface area contributed by atoms with Gasteiger partial charge in [-0.05, 0) is 18.6 Å². The van der Waals surface area contributed by atoms with Gasteiger partial charge in [0.2, 0.25) is 11.8 Å². The lowest BCUT2D eigenvalue weighted by molar-refractivity contribution is -0.129. The maximum absolute atomic E-state index is 12.6. The van der Waals surface area contributed by atoms with Gasteiger partial charge < -0.3 is 18.8 Å². The highest BCUT2D eigenvalue weighted by molar-refractivity contribution is 8.00. The molecule has 1 heterocycles. The number of esters is 1. The Morgan fingerprint density at radius 1 is 1.23 bits per heavy atom. The predicted molar refractivity (Wildman–Crippen MR) is 96.9 cm³/mol. The fourth-order valence-electron chi connectivity index (χ4n) is 2.19. The number of carbonyl (C=O) groups is 2. The van der Waals surface area contributed by atoms with E-state index in [9.17, 15) is 9.59 Å². The third-order valence-electron chi connectivity index (χ3n) is 3.51. The maximum atomic E-state index is 12.6. The first-order valence-corrected chi connectivity index (χ1v) is 9.10. The van der Waals surface area contributed by atoms with Gasteiger partial charge in [-0.15, -0.1) is 11.8 Å². The van der Waals surface area contributed by atoms with Gasteiger partial charge in [0.1, 0.15) is 6.26 Å². The Kier molecular flexibility index (Phi) is 8.17. The summed E-state index contributed by atoms with van der Waals surface area (Å²) >= 11 is 1.47. The van der Waals surface area contributed by atoms with E-state index in [4.69, 9.17) is 9.15 Å². The first kappa shape index (κ1) is 20.0. The van der Waals surface area contributed by atoms with Crippen molar-refractivity contribution in [2.75, 3.05) is 33.1 Å². The number of thioether (sulfide) groups is 1. The summed E-state index contributed by atoms with van der Waals surface area (Å²) in [5.41, 5.74) is 0.0884. The van der Waals surface area contributed by atoms with Crippen LogP contribution in [-0.2, 0) is 20.8 Å². The van der Waals surface area contributed by atoms with E-state index in [-0.39, 0.29) is 18.1 Å². The Morgan fingerprint density at radius 2 is 2.00 bits per heavy atom. The van der Waals surface area contributed by atoms with Gasteiger partial charge in [-0.1, -0.05) is 18.2 Å². The normalized spacial score (nSPS) is 10.5. The minimum atomic E-state index is -0.572. The van der Waals surface area contributed by atoms with Gasteiger partial charge in [0, 0.05) is 25.2 Å². The number of rotatable bonds is 10. The zero-order valence-corrected chi connectivity index (χ0v) is 15.7. The predicted octanol–water partition coefficient (Wildman–Crippen LogP) is 2.62. The monoisotopic (exact) mass is 378 g/mol. The van der Waals surface area contributed by atoms with E-state index in [1.54, 1.807) is 12.0 Å². The zero-order valence-electron chi connectivity index (χ0n) is 14.8. The summed E-state index contributed by atoms with van der Waals surface area (Å²) in [6.45, 7) is 1.25. The van der Waals surface area contributed by atoms with Gasteiger partial charge in [-0.25, -0.2) is 9.78 Å². The van der Waals surface area contributed by atoms with Crippen molar-refractivity contribution in [2.24, 2.45) is 0 Å². The molecule has 0 saturated heterocycles. The molecular weight excluding hydrogens is 356 g/mol. The van der Waals surface area contributed by atoms with Crippen LogP contribution >= 0.6 is 11.8 Å². The van der Waals surface area contributed by atoms with Crippen LogP contribution in [0.2, 0.25) is 0 Å². The molecule has 0 atom stereocenters. The first-order valence-electron chi connectivity index (χ1n) is 8.11. The lowest BCUT2D eigenvalue weighted by Gasteiger charge is -2.21. The van der Waals surface area contributed by atoms with Gasteiger partial charge >= 0.3 is 5.97 Å². The number of methoxy groups -OCH3 is 2. The maximum Gasteiger partial charge on any atom is 0.360 e. The number of amides is 1. The van der Waals surface area contributed by atoms with Crippen LogP contribution in [-0.4, -0.2) is 54.9 Å². The molecule has 1 amide bonds. The fourth-order valence-corrected chi connectivity index (χ4v) is 3.01. The van der Waals surface area contributed by atoms with Crippen molar-refractivity contribution in [3.05, 3.63) is 48.2 Å². The molecule has 0 aliphatic carbocycles. The van der Waals surface area contributed by atoms with E-state index in [1.807, 2.05) is 30.3 Å². The number of oxazole rings is 1. The molecule has 8 heteroatoms. The highest BCUT2D eigenvalue weighted by atomic mass is 32.2. The second-order valence-electron chi connectivity index (χ2n) is 5.38. The molecule has 1 aromatic heterocycles. The van der Waals surface area contributed by atoms with Crippen molar-refractivity contribution >= 4 is 23.6 Å². The third kappa shape index (κ3) is 6.20. The van der Waals surface area contributed by atoms with E-state index >= 15 is 0 Å². The van der Waals surface area contributed by atoms with Crippen LogP contribution < -0.4 is 0 Å². The fraction of sp³-hybridized carbons (Fsp3) is 0.389. The van der Waals surface area contributed by atoms with Crippen LogP contribution in [0.3, 0.4) is 0 Å². The molecule has 0 aliphatic heterocycles. The molecule has 26 heavy (non-hydrogen) atoms. The molecule has 140 valence electrons. The van der Waals surface area contributed by atoms with Crippen LogP contribution in [0.5, 0.6) is 0 Å².